The Morgan fingerprint density at radius 3 is 2.19 bits per heavy atom. The van der Waals surface area contributed by atoms with Gasteiger partial charge in [0, 0.05) is 0 Å². The second-order valence-corrected chi connectivity index (χ2v) is 8.77. The zero-order chi connectivity index (χ0) is 20.4. The van der Waals surface area contributed by atoms with Gasteiger partial charge in [0.2, 0.25) is 0 Å². The van der Waals surface area contributed by atoms with E-state index in [-0.39, 0.29) is 35.3 Å². The van der Waals surface area contributed by atoms with Gasteiger partial charge < -0.3 is 0 Å². The molecule has 0 saturated carbocycles. The number of amides is 2. The monoisotopic (exact) mass is 441 g/mol. The van der Waals surface area contributed by atoms with Crippen molar-refractivity contribution in [2.24, 2.45) is 5.92 Å². The molecule has 0 bridgehead atoms. The molecule has 0 fully saturated rings. The van der Waals surface area contributed by atoms with Crippen LogP contribution in [0.15, 0.2) is 30.3 Å². The van der Waals surface area contributed by atoms with Crippen LogP contribution in [0, 0.1) is 5.92 Å². The maximum atomic E-state index is 12.5. The summed E-state index contributed by atoms with van der Waals surface area (Å²) in [5.74, 6) is -1.29. The standard InChI is InChI=1S/C19H27N3O4Se/c1-12(2)16(23)10-15(22-18(25)13(3)20-4)19(26)21-11-17(24)27-14-8-6-5-7-9-14/h5-9,12-13,15,20H,10-11H2,1-4H3,(H,21,26)(H,22,25)/t13-,15-/m0/s1. The van der Waals surface area contributed by atoms with Crippen LogP contribution in [0.1, 0.15) is 27.2 Å². The Morgan fingerprint density at radius 1 is 1.00 bits per heavy atom. The van der Waals surface area contributed by atoms with Crippen molar-refractivity contribution < 1.29 is 19.2 Å². The van der Waals surface area contributed by atoms with Gasteiger partial charge in [-0.3, -0.25) is 0 Å². The minimum absolute atomic E-state index is 0.0918. The average Bonchev–Trinajstić information content (AvgIpc) is 2.65. The summed E-state index contributed by atoms with van der Waals surface area (Å²) < 4.78 is 0.831. The van der Waals surface area contributed by atoms with Crippen molar-refractivity contribution in [1.29, 1.82) is 0 Å². The maximum absolute atomic E-state index is 12.5. The van der Waals surface area contributed by atoms with Crippen molar-refractivity contribution in [3.05, 3.63) is 30.3 Å². The van der Waals surface area contributed by atoms with E-state index >= 15 is 0 Å². The molecule has 2 amide bonds. The Balaban J connectivity index is 2.67. The summed E-state index contributed by atoms with van der Waals surface area (Å²) in [6.07, 6.45) is -0.107. The fraction of sp³-hybridized carbons (Fsp3) is 0.474. The van der Waals surface area contributed by atoms with Gasteiger partial charge in [0.25, 0.3) is 0 Å². The molecule has 0 aliphatic heterocycles. The first kappa shape index (κ1) is 23.0. The van der Waals surface area contributed by atoms with Crippen LogP contribution in [-0.4, -0.2) is 62.9 Å². The Hall–Kier alpha value is -2.02. The van der Waals surface area contributed by atoms with E-state index < -0.39 is 32.9 Å². The molecule has 0 spiro atoms. The summed E-state index contributed by atoms with van der Waals surface area (Å²) in [5, 5.41) is 7.92. The molecule has 0 aliphatic rings. The molecular formula is C19H27N3O4Se. The number of benzene rings is 1. The van der Waals surface area contributed by atoms with Gasteiger partial charge in [0.15, 0.2) is 0 Å². The second-order valence-electron chi connectivity index (χ2n) is 6.40. The van der Waals surface area contributed by atoms with Crippen LogP contribution in [0.4, 0.5) is 0 Å². The third-order valence-electron chi connectivity index (χ3n) is 3.89. The van der Waals surface area contributed by atoms with E-state index in [1.165, 1.54) is 0 Å². The Kier molecular flexibility index (Phi) is 9.93. The number of hydrogen-bond donors (Lipinski definition) is 3. The number of Topliss-reactive ketones (excluding diaryl/α,β-unsaturated/α-hetero) is 1. The van der Waals surface area contributed by atoms with E-state index in [4.69, 9.17) is 0 Å². The summed E-state index contributed by atoms with van der Waals surface area (Å²) in [6, 6.07) is 7.81. The number of hydrogen-bond acceptors (Lipinski definition) is 5. The van der Waals surface area contributed by atoms with Gasteiger partial charge in [0.1, 0.15) is 0 Å². The van der Waals surface area contributed by atoms with Gasteiger partial charge in [-0.15, -0.1) is 0 Å². The van der Waals surface area contributed by atoms with Crippen molar-refractivity contribution in [2.45, 2.75) is 39.3 Å². The van der Waals surface area contributed by atoms with E-state index in [2.05, 4.69) is 16.0 Å². The van der Waals surface area contributed by atoms with E-state index in [0.29, 0.717) is 0 Å². The molecule has 0 aromatic heterocycles. The van der Waals surface area contributed by atoms with Gasteiger partial charge >= 0.3 is 166 Å². The first-order valence-corrected chi connectivity index (χ1v) is 10.5. The third kappa shape index (κ3) is 8.47. The summed E-state index contributed by atoms with van der Waals surface area (Å²) in [6.45, 7) is 5.00. The molecule has 1 aromatic rings. The van der Waals surface area contributed by atoms with Gasteiger partial charge in [-0.05, 0) is 0 Å². The molecule has 0 aliphatic carbocycles. The molecule has 27 heavy (non-hydrogen) atoms. The summed E-state index contributed by atoms with van der Waals surface area (Å²) in [5.41, 5.74) is 0. The molecule has 2 atom stereocenters. The predicted octanol–water partition coefficient (Wildman–Crippen LogP) is -0.633. The Bertz CT molecular complexity index is 664. The summed E-state index contributed by atoms with van der Waals surface area (Å²) in [4.78, 5) is 48.7. The molecule has 0 saturated heterocycles. The van der Waals surface area contributed by atoms with Crippen molar-refractivity contribution >= 4 is 41.7 Å². The van der Waals surface area contributed by atoms with Crippen molar-refractivity contribution in [3.63, 3.8) is 0 Å². The van der Waals surface area contributed by atoms with Gasteiger partial charge in [-0.2, -0.15) is 0 Å². The SMILES string of the molecule is CN[C@@H](C)C(=O)N[C@@H](CC(=O)C(C)C)C(=O)NCC(=O)[Se]c1ccccc1. The Labute approximate surface area is 166 Å². The zero-order valence-electron chi connectivity index (χ0n) is 16.1. The van der Waals surface area contributed by atoms with Gasteiger partial charge in [-0.25, -0.2) is 0 Å². The molecule has 0 unspecified atom stereocenters. The van der Waals surface area contributed by atoms with Crippen LogP contribution in [0.3, 0.4) is 0 Å². The molecule has 3 N–H and O–H groups in total. The van der Waals surface area contributed by atoms with E-state index in [1.54, 1.807) is 27.8 Å². The van der Waals surface area contributed by atoms with Crippen LogP contribution in [0.5, 0.6) is 0 Å². The third-order valence-corrected chi connectivity index (χ3v) is 5.74. The van der Waals surface area contributed by atoms with Gasteiger partial charge in [-0.1, -0.05) is 0 Å². The molecule has 148 valence electrons. The average molecular weight is 440 g/mol. The number of nitrogens with one attached hydrogen (secondary N) is 3. The molecule has 7 nitrogen and oxygen atoms in total. The van der Waals surface area contributed by atoms with E-state index in [9.17, 15) is 19.2 Å². The van der Waals surface area contributed by atoms with Crippen LogP contribution in [0.2, 0.25) is 0 Å². The van der Waals surface area contributed by atoms with Crippen LogP contribution < -0.4 is 20.4 Å². The van der Waals surface area contributed by atoms with Crippen LogP contribution in [-0.2, 0) is 19.2 Å². The number of carbonyl (C=O) groups is 4. The topological polar surface area (TPSA) is 104 Å². The summed E-state index contributed by atoms with van der Waals surface area (Å²) >= 11 is -0.401. The molecule has 8 heteroatoms. The second kappa shape index (κ2) is 11.6. The van der Waals surface area contributed by atoms with Crippen LogP contribution >= 0.6 is 0 Å². The van der Waals surface area contributed by atoms with E-state index in [1.807, 2.05) is 30.3 Å². The molecule has 0 radical (unpaired) electrons. The minimum atomic E-state index is -1.000. The van der Waals surface area contributed by atoms with E-state index in [0.717, 1.165) is 4.46 Å². The summed E-state index contributed by atoms with van der Waals surface area (Å²) in [7, 11) is 1.63. The molecule has 1 aromatic carbocycles. The molecular weight excluding hydrogens is 413 g/mol. The van der Waals surface area contributed by atoms with Gasteiger partial charge in [0.05, 0.1) is 0 Å². The van der Waals surface area contributed by atoms with Crippen molar-refractivity contribution in [2.75, 3.05) is 13.6 Å². The first-order valence-electron chi connectivity index (χ1n) is 8.78. The zero-order valence-corrected chi connectivity index (χ0v) is 17.8. The van der Waals surface area contributed by atoms with Crippen LogP contribution in [0.25, 0.3) is 0 Å². The first-order chi connectivity index (χ1) is 12.7. The quantitative estimate of drug-likeness (QED) is 0.398. The number of likely N-dealkylation sites (N-methyl/N-ethyl adjacent to an activating group) is 1. The number of ketones is 1. The number of rotatable bonds is 11. The fourth-order valence-corrected chi connectivity index (χ4v) is 3.48. The number of carbonyl (C=O) groups excluding carboxylic acids is 4. The Morgan fingerprint density at radius 2 is 1.63 bits per heavy atom. The normalized spacial score (nSPS) is 12.9. The van der Waals surface area contributed by atoms with Crippen molar-refractivity contribution in [3.8, 4) is 0 Å². The van der Waals surface area contributed by atoms with Crippen molar-refractivity contribution in [1.82, 2.24) is 16.0 Å². The fourth-order valence-electron chi connectivity index (χ4n) is 2.01. The molecule has 0 heterocycles. The predicted molar refractivity (Wildman–Crippen MR) is 105 cm³/mol. The molecule has 1 rings (SSSR count).